The number of carbonyl (C=O) groups is 2. The largest absolute Gasteiger partial charge is 0.451 e. The van der Waals surface area contributed by atoms with E-state index in [4.69, 9.17) is 0 Å². The number of carbonyl (C=O) groups excluding carboxylic acids is 2. The topological polar surface area (TPSA) is 69.6 Å². The molecule has 0 atom stereocenters. The lowest BCUT2D eigenvalue weighted by atomic mass is 9.85. The van der Waals surface area contributed by atoms with Crippen LogP contribution in [0.1, 0.15) is 32.5 Å². The minimum atomic E-state index is -4.61. The zero-order valence-electron chi connectivity index (χ0n) is 15.5. The molecule has 7 nitrogen and oxygen atoms in total. The van der Waals surface area contributed by atoms with Crippen LogP contribution in [0.5, 0.6) is 0 Å². The SMILES string of the molecule is CC(C)CN1C(=O)N(C)C(=O)C12CCN(c1ccnc(C(F)(F)F)n1)CC2. The lowest BCUT2D eigenvalue weighted by molar-refractivity contribution is -0.144. The average Bonchev–Trinajstić information content (AvgIpc) is 2.78. The summed E-state index contributed by atoms with van der Waals surface area (Å²) in [6, 6.07) is 1.11. The van der Waals surface area contributed by atoms with E-state index in [2.05, 4.69) is 9.97 Å². The van der Waals surface area contributed by atoms with Crippen LogP contribution in [-0.2, 0) is 11.0 Å². The molecular weight excluding hydrogens is 363 g/mol. The summed E-state index contributed by atoms with van der Waals surface area (Å²) in [5.74, 6) is -1.06. The summed E-state index contributed by atoms with van der Waals surface area (Å²) in [6.45, 7) is 5.06. The number of halogens is 3. The molecule has 0 bridgehead atoms. The molecule has 0 N–H and O–H groups in total. The molecule has 2 saturated heterocycles. The van der Waals surface area contributed by atoms with Crippen LogP contribution in [0.15, 0.2) is 12.3 Å². The highest BCUT2D eigenvalue weighted by atomic mass is 19.4. The third-order valence-electron chi connectivity index (χ3n) is 5.09. The maximum Gasteiger partial charge on any atom is 0.451 e. The molecule has 1 aromatic heterocycles. The highest BCUT2D eigenvalue weighted by molar-refractivity contribution is 6.06. The Balaban J connectivity index is 1.81. The Morgan fingerprint density at radius 1 is 1.22 bits per heavy atom. The fraction of sp³-hybridized carbons (Fsp3) is 0.647. The van der Waals surface area contributed by atoms with Crippen LogP contribution in [0.2, 0.25) is 0 Å². The highest BCUT2D eigenvalue weighted by Gasteiger charge is 2.56. The number of hydrogen-bond donors (Lipinski definition) is 0. The minimum Gasteiger partial charge on any atom is -0.356 e. The van der Waals surface area contributed by atoms with E-state index in [0.717, 1.165) is 11.1 Å². The Morgan fingerprint density at radius 2 is 1.85 bits per heavy atom. The monoisotopic (exact) mass is 385 g/mol. The average molecular weight is 385 g/mol. The number of rotatable bonds is 3. The van der Waals surface area contributed by atoms with Gasteiger partial charge in [-0.3, -0.25) is 9.69 Å². The van der Waals surface area contributed by atoms with Crippen molar-refractivity contribution in [3.05, 3.63) is 18.1 Å². The number of likely N-dealkylation sites (N-methyl/N-ethyl adjacent to an activating group) is 1. The zero-order valence-corrected chi connectivity index (χ0v) is 15.5. The molecule has 0 aromatic carbocycles. The fourth-order valence-electron chi connectivity index (χ4n) is 3.75. The number of urea groups is 1. The predicted molar refractivity (Wildman–Crippen MR) is 90.9 cm³/mol. The zero-order chi connectivity index (χ0) is 20.0. The molecule has 2 aliphatic rings. The third kappa shape index (κ3) is 3.32. The van der Waals surface area contributed by atoms with Crippen LogP contribution in [0.25, 0.3) is 0 Å². The van der Waals surface area contributed by atoms with Crippen molar-refractivity contribution in [2.45, 2.75) is 38.4 Å². The van der Waals surface area contributed by atoms with E-state index < -0.39 is 17.5 Å². The number of amides is 3. The second-order valence-corrected chi connectivity index (χ2v) is 7.41. The van der Waals surface area contributed by atoms with E-state index in [1.807, 2.05) is 13.8 Å². The molecule has 0 radical (unpaired) electrons. The van der Waals surface area contributed by atoms with E-state index in [1.165, 1.54) is 13.1 Å². The van der Waals surface area contributed by atoms with Gasteiger partial charge in [0.15, 0.2) is 0 Å². The van der Waals surface area contributed by atoms with Crippen molar-refractivity contribution in [2.24, 2.45) is 5.92 Å². The van der Waals surface area contributed by atoms with Crippen molar-refractivity contribution in [1.82, 2.24) is 19.8 Å². The number of nitrogens with zero attached hydrogens (tertiary/aromatic N) is 5. The summed E-state index contributed by atoms with van der Waals surface area (Å²) in [7, 11) is 1.47. The third-order valence-corrected chi connectivity index (χ3v) is 5.09. The quantitative estimate of drug-likeness (QED) is 0.748. The van der Waals surface area contributed by atoms with Gasteiger partial charge in [-0.2, -0.15) is 13.2 Å². The van der Waals surface area contributed by atoms with E-state index in [1.54, 1.807) is 9.80 Å². The number of anilines is 1. The number of alkyl halides is 3. The van der Waals surface area contributed by atoms with Gasteiger partial charge < -0.3 is 9.80 Å². The summed E-state index contributed by atoms with van der Waals surface area (Å²) in [5.41, 5.74) is -0.924. The molecule has 2 fully saturated rings. The van der Waals surface area contributed by atoms with Crippen molar-refractivity contribution in [3.63, 3.8) is 0 Å². The van der Waals surface area contributed by atoms with E-state index in [-0.39, 0.29) is 23.7 Å². The van der Waals surface area contributed by atoms with Gasteiger partial charge in [0.05, 0.1) is 0 Å². The van der Waals surface area contributed by atoms with Crippen molar-refractivity contribution in [1.29, 1.82) is 0 Å². The van der Waals surface area contributed by atoms with Gasteiger partial charge >= 0.3 is 12.2 Å². The molecule has 0 unspecified atom stereocenters. The summed E-state index contributed by atoms with van der Waals surface area (Å²) < 4.78 is 38.5. The van der Waals surface area contributed by atoms with Crippen LogP contribution < -0.4 is 4.90 Å². The van der Waals surface area contributed by atoms with Crippen molar-refractivity contribution in [2.75, 3.05) is 31.6 Å². The van der Waals surface area contributed by atoms with Gasteiger partial charge in [-0.15, -0.1) is 0 Å². The Morgan fingerprint density at radius 3 is 2.41 bits per heavy atom. The Bertz CT molecular complexity index is 744. The van der Waals surface area contributed by atoms with E-state index >= 15 is 0 Å². The minimum absolute atomic E-state index is 0.174. The van der Waals surface area contributed by atoms with Gasteiger partial charge in [-0.1, -0.05) is 13.8 Å². The van der Waals surface area contributed by atoms with Crippen LogP contribution in [0.4, 0.5) is 23.8 Å². The summed E-state index contributed by atoms with van der Waals surface area (Å²) >= 11 is 0. The Hall–Kier alpha value is -2.39. The summed E-state index contributed by atoms with van der Waals surface area (Å²) in [4.78, 5) is 36.6. The number of imide groups is 1. The van der Waals surface area contributed by atoms with Crippen LogP contribution in [0, 0.1) is 5.92 Å². The molecule has 1 aromatic rings. The Labute approximate surface area is 155 Å². The molecule has 0 aliphatic carbocycles. The molecule has 10 heteroatoms. The maximum absolute atomic E-state index is 12.8. The molecule has 3 rings (SSSR count). The number of piperidine rings is 1. The van der Waals surface area contributed by atoms with Gasteiger partial charge in [0.1, 0.15) is 11.4 Å². The van der Waals surface area contributed by atoms with Crippen LogP contribution in [-0.4, -0.2) is 63.9 Å². The van der Waals surface area contributed by atoms with Crippen molar-refractivity contribution in [3.8, 4) is 0 Å². The van der Waals surface area contributed by atoms with Gasteiger partial charge in [-0.25, -0.2) is 14.8 Å². The molecule has 2 aliphatic heterocycles. The van der Waals surface area contributed by atoms with E-state index in [0.29, 0.717) is 32.5 Å². The molecule has 1 spiro atoms. The molecule has 0 saturated carbocycles. The first-order valence-corrected chi connectivity index (χ1v) is 8.81. The molecule has 27 heavy (non-hydrogen) atoms. The standard InChI is InChI=1S/C17H22F3N5O2/c1-11(2)10-25-15(27)23(3)14(26)16(25)5-8-24(9-6-16)12-4-7-21-13(22-12)17(18,19)20/h4,7,11H,5-6,8-10H2,1-3H3. The summed E-state index contributed by atoms with van der Waals surface area (Å²) in [5, 5.41) is 0. The predicted octanol–water partition coefficient (Wildman–Crippen LogP) is 2.38. The second kappa shape index (κ2) is 6.65. The van der Waals surface area contributed by atoms with Crippen LogP contribution >= 0.6 is 0 Å². The smallest absolute Gasteiger partial charge is 0.356 e. The van der Waals surface area contributed by atoms with E-state index in [9.17, 15) is 22.8 Å². The molecule has 3 amide bonds. The lowest BCUT2D eigenvalue weighted by Gasteiger charge is -2.43. The Kier molecular flexibility index (Phi) is 4.77. The first kappa shape index (κ1) is 19.4. The van der Waals surface area contributed by atoms with Gasteiger partial charge in [0.2, 0.25) is 5.82 Å². The number of hydrogen-bond acceptors (Lipinski definition) is 5. The van der Waals surface area contributed by atoms with Gasteiger partial charge in [0.25, 0.3) is 5.91 Å². The first-order valence-electron chi connectivity index (χ1n) is 8.81. The van der Waals surface area contributed by atoms with Crippen LogP contribution in [0.3, 0.4) is 0 Å². The second-order valence-electron chi connectivity index (χ2n) is 7.41. The maximum atomic E-state index is 12.8. The fourth-order valence-corrected chi connectivity index (χ4v) is 3.75. The highest BCUT2D eigenvalue weighted by Crippen LogP contribution is 2.38. The number of aromatic nitrogens is 2. The van der Waals surface area contributed by atoms with Gasteiger partial charge in [0, 0.05) is 32.9 Å². The van der Waals surface area contributed by atoms with Crippen molar-refractivity contribution >= 4 is 17.8 Å². The normalized spacial score (nSPS) is 20.3. The summed E-state index contributed by atoms with van der Waals surface area (Å²) in [6.07, 6.45) is -2.84. The lowest BCUT2D eigenvalue weighted by Crippen LogP contribution is -2.57. The molecule has 3 heterocycles. The first-order chi connectivity index (χ1) is 12.6. The van der Waals surface area contributed by atoms with Crippen molar-refractivity contribution < 1.29 is 22.8 Å². The van der Waals surface area contributed by atoms with Gasteiger partial charge in [-0.05, 0) is 24.8 Å². The molecular formula is C17H22F3N5O2. The molecule has 148 valence electrons.